The molecule has 3 rings (SSSR count). The number of rotatable bonds is 8. The number of hydrogen-bond acceptors (Lipinski definition) is 6. The van der Waals surface area contributed by atoms with Gasteiger partial charge in [0.15, 0.2) is 0 Å². The summed E-state index contributed by atoms with van der Waals surface area (Å²) in [6.45, 7) is 1.85. The zero-order valence-electron chi connectivity index (χ0n) is 18.2. The van der Waals surface area contributed by atoms with Gasteiger partial charge in [-0.15, -0.1) is 0 Å². The van der Waals surface area contributed by atoms with Gasteiger partial charge in [0.05, 0.1) is 6.54 Å². The summed E-state index contributed by atoms with van der Waals surface area (Å²) in [5.74, 6) is 4.69. The number of hydroxylamine groups is 1. The Morgan fingerprint density at radius 3 is 2.09 bits per heavy atom. The zero-order valence-corrected chi connectivity index (χ0v) is 18.2. The van der Waals surface area contributed by atoms with Crippen LogP contribution in [0.4, 0.5) is 5.69 Å². The Balaban J connectivity index is 0.00000408. The third-order valence-electron chi connectivity index (χ3n) is 5.00. The Labute approximate surface area is 199 Å². The molecular formula is C25H31N5O4. The largest absolute Gasteiger partial charge is 0.339 e. The summed E-state index contributed by atoms with van der Waals surface area (Å²) in [7, 11) is 0. The quantitative estimate of drug-likeness (QED) is 0.197. The van der Waals surface area contributed by atoms with Crippen LogP contribution in [-0.4, -0.2) is 47.6 Å². The van der Waals surface area contributed by atoms with E-state index < -0.39 is 23.9 Å². The first kappa shape index (κ1) is 26.5. The molecule has 34 heavy (non-hydrogen) atoms. The van der Waals surface area contributed by atoms with E-state index in [2.05, 4.69) is 27.8 Å². The van der Waals surface area contributed by atoms with E-state index in [1.165, 1.54) is 5.48 Å². The lowest BCUT2D eigenvalue weighted by molar-refractivity contribution is -0.131. The molecule has 0 saturated heterocycles. The van der Waals surface area contributed by atoms with Crippen molar-refractivity contribution in [1.82, 2.24) is 16.1 Å². The fourth-order valence-corrected chi connectivity index (χ4v) is 2.95. The van der Waals surface area contributed by atoms with E-state index in [1.807, 2.05) is 12.1 Å². The van der Waals surface area contributed by atoms with Crippen LogP contribution in [0.3, 0.4) is 0 Å². The minimum absolute atomic E-state index is 0. The lowest BCUT2D eigenvalue weighted by Crippen LogP contribution is -2.54. The molecule has 0 aliphatic heterocycles. The topological polar surface area (TPSA) is 146 Å². The third-order valence-corrected chi connectivity index (χ3v) is 5.00. The van der Waals surface area contributed by atoms with Crippen LogP contribution in [0.1, 0.15) is 48.7 Å². The highest BCUT2D eigenvalue weighted by molar-refractivity contribution is 5.97. The van der Waals surface area contributed by atoms with Crippen LogP contribution in [-0.2, 0) is 9.59 Å². The molecule has 180 valence electrons. The fourth-order valence-electron chi connectivity index (χ4n) is 2.95. The van der Waals surface area contributed by atoms with Crippen molar-refractivity contribution in [3.8, 4) is 11.8 Å². The molecule has 0 bridgehead atoms. The summed E-state index contributed by atoms with van der Waals surface area (Å²) >= 11 is 0. The van der Waals surface area contributed by atoms with Crippen molar-refractivity contribution in [3.05, 3.63) is 65.2 Å². The maximum Gasteiger partial charge on any atom is 0.267 e. The van der Waals surface area contributed by atoms with Crippen LogP contribution in [0.15, 0.2) is 48.5 Å². The minimum Gasteiger partial charge on any atom is -0.339 e. The van der Waals surface area contributed by atoms with Gasteiger partial charge in [0.25, 0.3) is 11.8 Å². The van der Waals surface area contributed by atoms with Gasteiger partial charge in [-0.05, 0) is 68.3 Å². The van der Waals surface area contributed by atoms with Crippen LogP contribution < -0.4 is 27.2 Å². The molecule has 1 fully saturated rings. The maximum atomic E-state index is 12.4. The molecule has 0 heterocycles. The maximum absolute atomic E-state index is 12.4. The number of nitrogens with one attached hydrogen (secondary N) is 4. The van der Waals surface area contributed by atoms with Crippen LogP contribution in [0.25, 0.3) is 0 Å². The summed E-state index contributed by atoms with van der Waals surface area (Å²) in [6, 6.07) is 12.5. The van der Waals surface area contributed by atoms with E-state index in [0.717, 1.165) is 18.4 Å². The normalized spacial score (nSPS) is 13.9. The number of benzene rings is 2. The van der Waals surface area contributed by atoms with Crippen molar-refractivity contribution in [1.29, 1.82) is 0 Å². The monoisotopic (exact) mass is 465 g/mol. The van der Waals surface area contributed by atoms with Gasteiger partial charge in [-0.2, -0.15) is 0 Å². The Bertz CT molecular complexity index is 1050. The van der Waals surface area contributed by atoms with E-state index in [0.29, 0.717) is 29.4 Å². The molecular weight excluding hydrogens is 434 g/mol. The number of anilines is 1. The molecule has 2 aromatic rings. The van der Waals surface area contributed by atoms with Gasteiger partial charge in [0, 0.05) is 34.5 Å². The first-order valence-corrected chi connectivity index (χ1v) is 10.6. The Kier molecular flexibility index (Phi) is 9.76. The Morgan fingerprint density at radius 1 is 1.03 bits per heavy atom. The first-order chi connectivity index (χ1) is 15.9. The smallest absolute Gasteiger partial charge is 0.267 e. The Morgan fingerprint density at radius 2 is 1.59 bits per heavy atom. The van der Waals surface area contributed by atoms with Gasteiger partial charge in [-0.1, -0.05) is 19.3 Å². The summed E-state index contributed by atoms with van der Waals surface area (Å²) in [5, 5.41) is 17.3. The molecule has 0 aromatic heterocycles. The Hall–Kier alpha value is -3.71. The SMILES string of the molecule is C.C[C@@H](N)[C@H](NC(=O)c1ccc(C#Cc2ccc(NC(=O)CNC3CC3)cc2)cc1)C(=O)NO. The summed E-state index contributed by atoms with van der Waals surface area (Å²) in [5.41, 5.74) is 9.70. The van der Waals surface area contributed by atoms with Crippen molar-refractivity contribution in [2.45, 2.75) is 45.3 Å². The molecule has 0 spiro atoms. The van der Waals surface area contributed by atoms with Gasteiger partial charge in [0.2, 0.25) is 5.91 Å². The van der Waals surface area contributed by atoms with Crippen LogP contribution >= 0.6 is 0 Å². The van der Waals surface area contributed by atoms with Crippen LogP contribution in [0, 0.1) is 11.8 Å². The molecule has 2 atom stereocenters. The molecule has 7 N–H and O–H groups in total. The van der Waals surface area contributed by atoms with Crippen molar-refractivity contribution >= 4 is 23.4 Å². The molecule has 0 radical (unpaired) electrons. The van der Waals surface area contributed by atoms with Crippen molar-refractivity contribution in [3.63, 3.8) is 0 Å². The molecule has 9 heteroatoms. The second-order valence-corrected chi connectivity index (χ2v) is 7.89. The van der Waals surface area contributed by atoms with Gasteiger partial charge in [-0.25, -0.2) is 5.48 Å². The lowest BCUT2D eigenvalue weighted by Gasteiger charge is -2.20. The van der Waals surface area contributed by atoms with E-state index >= 15 is 0 Å². The van der Waals surface area contributed by atoms with E-state index in [9.17, 15) is 14.4 Å². The number of amides is 3. The molecule has 1 aliphatic carbocycles. The highest BCUT2D eigenvalue weighted by Gasteiger charge is 2.24. The third kappa shape index (κ3) is 8.01. The molecule has 1 aliphatic rings. The van der Waals surface area contributed by atoms with Crippen LogP contribution in [0.5, 0.6) is 0 Å². The van der Waals surface area contributed by atoms with E-state index in [-0.39, 0.29) is 13.3 Å². The number of hydrogen-bond donors (Lipinski definition) is 6. The summed E-state index contributed by atoms with van der Waals surface area (Å²) in [4.78, 5) is 35.9. The zero-order chi connectivity index (χ0) is 23.8. The molecule has 3 amide bonds. The lowest BCUT2D eigenvalue weighted by atomic mass is 10.1. The van der Waals surface area contributed by atoms with Gasteiger partial charge in [-0.3, -0.25) is 19.6 Å². The average molecular weight is 466 g/mol. The molecule has 0 unspecified atom stereocenters. The predicted octanol–water partition coefficient (Wildman–Crippen LogP) is 1.36. The first-order valence-electron chi connectivity index (χ1n) is 10.6. The van der Waals surface area contributed by atoms with Gasteiger partial charge < -0.3 is 21.7 Å². The molecule has 9 nitrogen and oxygen atoms in total. The summed E-state index contributed by atoms with van der Waals surface area (Å²) < 4.78 is 0. The minimum atomic E-state index is -1.07. The highest BCUT2D eigenvalue weighted by Crippen LogP contribution is 2.18. The second kappa shape index (κ2) is 12.5. The van der Waals surface area contributed by atoms with Crippen molar-refractivity contribution in [2.24, 2.45) is 5.73 Å². The van der Waals surface area contributed by atoms with Gasteiger partial charge in [0.1, 0.15) is 6.04 Å². The number of carbonyl (C=O) groups is 3. The van der Waals surface area contributed by atoms with E-state index in [4.69, 9.17) is 10.9 Å². The number of nitrogens with two attached hydrogens (primary N) is 1. The molecule has 2 aromatic carbocycles. The fraction of sp³-hybridized carbons (Fsp3) is 0.320. The summed E-state index contributed by atoms with van der Waals surface area (Å²) in [6.07, 6.45) is 2.27. The standard InChI is InChI=1S/C24H27N5O4.CH4/c1-15(25)22(24(32)29-33)28-23(31)18-8-4-16(5-9-18)2-3-17-6-10-20(11-7-17)27-21(30)14-26-19-12-13-19;/h4-11,15,19,22,26,33H,12-14,25H2,1H3,(H,27,30)(H,28,31)(H,29,32);1H4/t15-,22+;/m1./s1. The van der Waals surface area contributed by atoms with Gasteiger partial charge >= 0.3 is 0 Å². The molecule has 1 saturated carbocycles. The number of carbonyl (C=O) groups excluding carboxylic acids is 3. The van der Waals surface area contributed by atoms with Crippen molar-refractivity contribution in [2.75, 3.05) is 11.9 Å². The average Bonchev–Trinajstić information content (AvgIpc) is 3.65. The predicted molar refractivity (Wildman–Crippen MR) is 130 cm³/mol. The highest BCUT2D eigenvalue weighted by atomic mass is 16.5. The van der Waals surface area contributed by atoms with Crippen LogP contribution in [0.2, 0.25) is 0 Å². The van der Waals surface area contributed by atoms with Crippen molar-refractivity contribution < 1.29 is 19.6 Å². The van der Waals surface area contributed by atoms with E-state index in [1.54, 1.807) is 43.3 Å². The second-order valence-electron chi connectivity index (χ2n) is 7.89.